The second kappa shape index (κ2) is 7.87. The summed E-state index contributed by atoms with van der Waals surface area (Å²) in [5.41, 5.74) is 8.62. The minimum Gasteiger partial charge on any atom is -0.493 e. The Hall–Kier alpha value is -0.970. The number of ether oxygens (including phenoxy) is 2. The van der Waals surface area contributed by atoms with Gasteiger partial charge in [-0.1, -0.05) is 6.92 Å². The quantitative estimate of drug-likeness (QED) is 0.928. The Labute approximate surface area is 134 Å². The fourth-order valence-electron chi connectivity index (χ4n) is 2.83. The largest absolute Gasteiger partial charge is 0.493 e. The van der Waals surface area contributed by atoms with E-state index in [2.05, 4.69) is 24.8 Å². The lowest BCUT2D eigenvalue weighted by atomic mass is 9.94. The molecule has 0 saturated carbocycles. The molecule has 0 aromatic heterocycles. The van der Waals surface area contributed by atoms with Crippen molar-refractivity contribution in [1.29, 1.82) is 0 Å². The van der Waals surface area contributed by atoms with Gasteiger partial charge in [-0.15, -0.1) is 12.4 Å². The highest BCUT2D eigenvalue weighted by Crippen LogP contribution is 2.31. The van der Waals surface area contributed by atoms with Crippen LogP contribution in [0.25, 0.3) is 0 Å². The van der Waals surface area contributed by atoms with Crippen molar-refractivity contribution in [2.75, 3.05) is 27.3 Å². The van der Waals surface area contributed by atoms with Crippen molar-refractivity contribution < 1.29 is 9.47 Å². The maximum absolute atomic E-state index is 6.08. The molecule has 1 aromatic carbocycles. The molecule has 1 aromatic rings. The van der Waals surface area contributed by atoms with Gasteiger partial charge in [0, 0.05) is 19.1 Å². The molecule has 2 unspecified atom stereocenters. The Morgan fingerprint density at radius 2 is 1.86 bits per heavy atom. The molecule has 1 aliphatic rings. The SMILES string of the molecule is COc1cc(C)c(CN2CCC(N)C(C)C2)cc1OC.Cl. The summed E-state index contributed by atoms with van der Waals surface area (Å²) in [6.45, 7) is 7.44. The van der Waals surface area contributed by atoms with Crippen LogP contribution in [0.1, 0.15) is 24.5 Å². The van der Waals surface area contributed by atoms with Crippen LogP contribution < -0.4 is 15.2 Å². The van der Waals surface area contributed by atoms with Crippen molar-refractivity contribution in [2.24, 2.45) is 11.7 Å². The Balaban J connectivity index is 0.00000220. The summed E-state index contributed by atoms with van der Waals surface area (Å²) in [5.74, 6) is 2.15. The predicted octanol–water partition coefficient (Wildman–Crippen LogP) is 2.60. The summed E-state index contributed by atoms with van der Waals surface area (Å²) < 4.78 is 10.7. The van der Waals surface area contributed by atoms with Gasteiger partial charge in [0.1, 0.15) is 0 Å². The van der Waals surface area contributed by atoms with E-state index in [4.69, 9.17) is 15.2 Å². The van der Waals surface area contributed by atoms with Gasteiger partial charge in [0.25, 0.3) is 0 Å². The molecule has 0 amide bonds. The molecule has 21 heavy (non-hydrogen) atoms. The first kappa shape index (κ1) is 18.1. The third-order valence-corrected chi connectivity index (χ3v) is 4.29. The molecule has 1 heterocycles. The normalized spacial score (nSPS) is 22.5. The molecule has 1 aliphatic heterocycles. The lowest BCUT2D eigenvalue weighted by Crippen LogP contribution is -2.45. The fourth-order valence-corrected chi connectivity index (χ4v) is 2.83. The summed E-state index contributed by atoms with van der Waals surface area (Å²) in [6.07, 6.45) is 1.08. The summed E-state index contributed by atoms with van der Waals surface area (Å²) >= 11 is 0. The average molecular weight is 315 g/mol. The first-order valence-electron chi connectivity index (χ1n) is 7.24. The number of hydrogen-bond donors (Lipinski definition) is 1. The Bertz CT molecular complexity index is 468. The minimum atomic E-state index is 0. The van der Waals surface area contributed by atoms with Gasteiger partial charge < -0.3 is 15.2 Å². The van der Waals surface area contributed by atoms with Crippen LogP contribution in [0.5, 0.6) is 11.5 Å². The molecule has 0 radical (unpaired) electrons. The van der Waals surface area contributed by atoms with Crippen LogP contribution in [0, 0.1) is 12.8 Å². The van der Waals surface area contributed by atoms with E-state index in [1.807, 2.05) is 6.07 Å². The molecule has 1 fully saturated rings. The predicted molar refractivity (Wildman–Crippen MR) is 88.6 cm³/mol. The third-order valence-electron chi connectivity index (χ3n) is 4.29. The summed E-state index contributed by atoms with van der Waals surface area (Å²) in [7, 11) is 3.35. The van der Waals surface area contributed by atoms with Gasteiger partial charge in [0.2, 0.25) is 0 Å². The number of halogens is 1. The van der Waals surface area contributed by atoms with Crippen molar-refractivity contribution in [3.63, 3.8) is 0 Å². The van der Waals surface area contributed by atoms with Crippen LogP contribution in [-0.4, -0.2) is 38.3 Å². The highest BCUT2D eigenvalue weighted by molar-refractivity contribution is 5.85. The molecule has 0 spiro atoms. The summed E-state index contributed by atoms with van der Waals surface area (Å²) in [5, 5.41) is 0. The van der Waals surface area contributed by atoms with Gasteiger partial charge in [-0.05, 0) is 49.1 Å². The van der Waals surface area contributed by atoms with E-state index in [0.717, 1.165) is 37.6 Å². The standard InChI is InChI=1S/C16H26N2O2.ClH/c1-11-7-15(19-3)16(20-4)8-13(11)10-18-6-5-14(17)12(2)9-18;/h7-8,12,14H,5-6,9-10,17H2,1-4H3;1H. The van der Waals surface area contributed by atoms with Gasteiger partial charge in [-0.3, -0.25) is 4.90 Å². The molecule has 2 atom stereocenters. The average Bonchev–Trinajstić information content (AvgIpc) is 2.44. The molecule has 0 bridgehead atoms. The Morgan fingerprint density at radius 3 is 2.43 bits per heavy atom. The van der Waals surface area contributed by atoms with E-state index in [1.165, 1.54) is 11.1 Å². The third kappa shape index (κ3) is 4.25. The Kier molecular flexibility index (Phi) is 6.78. The van der Waals surface area contributed by atoms with Crippen molar-refractivity contribution >= 4 is 12.4 Å². The summed E-state index contributed by atoms with van der Waals surface area (Å²) in [6, 6.07) is 4.48. The van der Waals surface area contributed by atoms with E-state index >= 15 is 0 Å². The van der Waals surface area contributed by atoms with Crippen LogP contribution in [0.2, 0.25) is 0 Å². The lowest BCUT2D eigenvalue weighted by Gasteiger charge is -2.35. The molecular weight excluding hydrogens is 288 g/mol. The highest BCUT2D eigenvalue weighted by Gasteiger charge is 2.23. The van der Waals surface area contributed by atoms with Gasteiger partial charge in [-0.2, -0.15) is 0 Å². The van der Waals surface area contributed by atoms with E-state index < -0.39 is 0 Å². The smallest absolute Gasteiger partial charge is 0.161 e. The molecule has 5 heteroatoms. The number of piperidine rings is 1. The van der Waals surface area contributed by atoms with Crippen molar-refractivity contribution in [3.8, 4) is 11.5 Å². The number of nitrogens with two attached hydrogens (primary N) is 1. The van der Waals surface area contributed by atoms with Crippen molar-refractivity contribution in [1.82, 2.24) is 4.90 Å². The van der Waals surface area contributed by atoms with Gasteiger partial charge in [0.05, 0.1) is 14.2 Å². The van der Waals surface area contributed by atoms with Crippen LogP contribution in [0.3, 0.4) is 0 Å². The zero-order valence-electron chi connectivity index (χ0n) is 13.4. The van der Waals surface area contributed by atoms with Crippen molar-refractivity contribution in [2.45, 2.75) is 32.9 Å². The van der Waals surface area contributed by atoms with E-state index in [0.29, 0.717) is 12.0 Å². The number of methoxy groups -OCH3 is 2. The van der Waals surface area contributed by atoms with Crippen LogP contribution >= 0.6 is 12.4 Å². The molecule has 1 saturated heterocycles. The maximum atomic E-state index is 6.08. The van der Waals surface area contributed by atoms with Crippen molar-refractivity contribution in [3.05, 3.63) is 23.3 Å². The van der Waals surface area contributed by atoms with E-state index in [1.54, 1.807) is 14.2 Å². The second-order valence-corrected chi connectivity index (χ2v) is 5.80. The van der Waals surface area contributed by atoms with Crippen LogP contribution in [0.15, 0.2) is 12.1 Å². The first-order chi connectivity index (χ1) is 9.55. The number of aryl methyl sites for hydroxylation is 1. The zero-order chi connectivity index (χ0) is 14.7. The molecular formula is C16H27ClN2O2. The maximum Gasteiger partial charge on any atom is 0.161 e. The Morgan fingerprint density at radius 1 is 1.24 bits per heavy atom. The van der Waals surface area contributed by atoms with Crippen LogP contribution in [0.4, 0.5) is 0 Å². The molecule has 4 nitrogen and oxygen atoms in total. The number of likely N-dealkylation sites (tertiary alicyclic amines) is 1. The summed E-state index contributed by atoms with van der Waals surface area (Å²) in [4.78, 5) is 2.47. The number of hydrogen-bond acceptors (Lipinski definition) is 4. The zero-order valence-corrected chi connectivity index (χ0v) is 14.2. The second-order valence-electron chi connectivity index (χ2n) is 5.80. The topological polar surface area (TPSA) is 47.7 Å². The van der Waals surface area contributed by atoms with Gasteiger partial charge >= 0.3 is 0 Å². The molecule has 2 N–H and O–H groups in total. The van der Waals surface area contributed by atoms with E-state index in [9.17, 15) is 0 Å². The van der Waals surface area contributed by atoms with E-state index in [-0.39, 0.29) is 12.4 Å². The number of benzene rings is 1. The highest BCUT2D eigenvalue weighted by atomic mass is 35.5. The fraction of sp³-hybridized carbons (Fsp3) is 0.625. The lowest BCUT2D eigenvalue weighted by molar-refractivity contribution is 0.157. The van der Waals surface area contributed by atoms with Crippen LogP contribution in [-0.2, 0) is 6.54 Å². The molecule has 2 rings (SSSR count). The minimum absolute atomic E-state index is 0. The molecule has 120 valence electrons. The number of nitrogens with zero attached hydrogens (tertiary/aromatic N) is 1. The number of rotatable bonds is 4. The molecule has 0 aliphatic carbocycles. The first-order valence-corrected chi connectivity index (χ1v) is 7.24. The van der Waals surface area contributed by atoms with Gasteiger partial charge in [-0.25, -0.2) is 0 Å². The monoisotopic (exact) mass is 314 g/mol. The van der Waals surface area contributed by atoms with Gasteiger partial charge in [0.15, 0.2) is 11.5 Å².